The summed E-state index contributed by atoms with van der Waals surface area (Å²) in [4.78, 5) is 17.0. The predicted octanol–water partition coefficient (Wildman–Crippen LogP) is 1.95. The zero-order valence-corrected chi connectivity index (χ0v) is 14.1. The van der Waals surface area contributed by atoms with Crippen molar-refractivity contribution in [2.45, 2.75) is 52.5 Å². The van der Waals surface area contributed by atoms with Gasteiger partial charge in [-0.1, -0.05) is 20.8 Å². The molecular formula is C17H33N3O. The molecule has 0 aromatic heterocycles. The van der Waals surface area contributed by atoms with Crippen LogP contribution in [0.25, 0.3) is 0 Å². The van der Waals surface area contributed by atoms with Gasteiger partial charge >= 0.3 is 0 Å². The second-order valence-electron chi connectivity index (χ2n) is 7.49. The fourth-order valence-corrected chi connectivity index (χ4v) is 3.53. The van der Waals surface area contributed by atoms with E-state index in [2.05, 4.69) is 35.9 Å². The molecule has 2 fully saturated rings. The van der Waals surface area contributed by atoms with Gasteiger partial charge < -0.3 is 10.2 Å². The van der Waals surface area contributed by atoms with Crippen LogP contribution in [0.1, 0.15) is 46.5 Å². The SMILES string of the molecule is CC(C)CN1CCN(CC(=O)NC2CCC(C)CC2)CC1. The fourth-order valence-electron chi connectivity index (χ4n) is 3.53. The van der Waals surface area contributed by atoms with Gasteiger partial charge in [0.05, 0.1) is 6.54 Å². The first-order valence-electron chi connectivity index (χ1n) is 8.77. The molecular weight excluding hydrogens is 262 g/mol. The first-order chi connectivity index (χ1) is 10.0. The lowest BCUT2D eigenvalue weighted by molar-refractivity contribution is -0.123. The molecule has 0 aromatic carbocycles. The average molecular weight is 295 g/mol. The zero-order chi connectivity index (χ0) is 15.2. The summed E-state index contributed by atoms with van der Waals surface area (Å²) >= 11 is 0. The van der Waals surface area contributed by atoms with Gasteiger partial charge in [0, 0.05) is 38.8 Å². The number of nitrogens with one attached hydrogen (secondary N) is 1. The normalized spacial score (nSPS) is 28.8. The van der Waals surface area contributed by atoms with Crippen LogP contribution in [0.2, 0.25) is 0 Å². The molecule has 4 heteroatoms. The smallest absolute Gasteiger partial charge is 0.234 e. The third kappa shape index (κ3) is 5.95. The van der Waals surface area contributed by atoms with Crippen molar-refractivity contribution in [2.24, 2.45) is 11.8 Å². The minimum Gasteiger partial charge on any atom is -0.352 e. The van der Waals surface area contributed by atoms with Crippen LogP contribution >= 0.6 is 0 Å². The highest BCUT2D eigenvalue weighted by atomic mass is 16.2. The molecule has 1 aliphatic heterocycles. The Balaban J connectivity index is 1.63. The van der Waals surface area contributed by atoms with E-state index in [1.165, 1.54) is 19.4 Å². The number of carbonyl (C=O) groups is 1. The van der Waals surface area contributed by atoms with E-state index >= 15 is 0 Å². The standard InChI is InChI=1S/C17H33N3O/c1-14(2)12-19-8-10-20(11-9-19)13-17(21)18-16-6-4-15(3)5-7-16/h14-16H,4-13H2,1-3H3,(H,18,21). The van der Waals surface area contributed by atoms with Crippen LogP contribution in [-0.2, 0) is 4.79 Å². The first-order valence-corrected chi connectivity index (χ1v) is 8.77. The summed E-state index contributed by atoms with van der Waals surface area (Å²) in [6.07, 6.45) is 4.85. The highest BCUT2D eigenvalue weighted by Gasteiger charge is 2.22. The van der Waals surface area contributed by atoms with Crippen LogP contribution in [0.5, 0.6) is 0 Å². The molecule has 1 saturated carbocycles. The second-order valence-corrected chi connectivity index (χ2v) is 7.49. The van der Waals surface area contributed by atoms with E-state index in [0.29, 0.717) is 12.6 Å². The number of amides is 1. The van der Waals surface area contributed by atoms with Gasteiger partial charge in [0.2, 0.25) is 5.91 Å². The van der Waals surface area contributed by atoms with Gasteiger partial charge in [-0.2, -0.15) is 0 Å². The molecule has 1 amide bonds. The highest BCUT2D eigenvalue weighted by Crippen LogP contribution is 2.23. The molecule has 0 radical (unpaired) electrons. The van der Waals surface area contributed by atoms with Crippen LogP contribution < -0.4 is 5.32 Å². The van der Waals surface area contributed by atoms with Crippen LogP contribution in [0.4, 0.5) is 0 Å². The summed E-state index contributed by atoms with van der Waals surface area (Å²) in [5.41, 5.74) is 0. The monoisotopic (exact) mass is 295 g/mol. The number of carbonyl (C=O) groups excluding carboxylic acids is 1. The van der Waals surface area contributed by atoms with Crippen LogP contribution in [0.15, 0.2) is 0 Å². The van der Waals surface area contributed by atoms with Crippen molar-refractivity contribution in [2.75, 3.05) is 39.3 Å². The molecule has 0 aromatic rings. The molecule has 1 aliphatic carbocycles. The van der Waals surface area contributed by atoms with Crippen LogP contribution in [-0.4, -0.2) is 61.0 Å². The van der Waals surface area contributed by atoms with E-state index in [-0.39, 0.29) is 5.91 Å². The van der Waals surface area contributed by atoms with Crippen molar-refractivity contribution in [3.8, 4) is 0 Å². The summed E-state index contributed by atoms with van der Waals surface area (Å²) in [6.45, 7) is 12.9. The minimum atomic E-state index is 0.229. The third-order valence-electron chi connectivity index (χ3n) is 4.84. The van der Waals surface area contributed by atoms with E-state index in [0.717, 1.165) is 50.9 Å². The summed E-state index contributed by atoms with van der Waals surface area (Å²) in [7, 11) is 0. The fraction of sp³-hybridized carbons (Fsp3) is 0.941. The molecule has 1 saturated heterocycles. The molecule has 2 aliphatic rings. The van der Waals surface area contributed by atoms with E-state index < -0.39 is 0 Å². The molecule has 1 N–H and O–H groups in total. The second kappa shape index (κ2) is 8.14. The molecule has 21 heavy (non-hydrogen) atoms. The molecule has 1 heterocycles. The van der Waals surface area contributed by atoms with E-state index in [4.69, 9.17) is 0 Å². The van der Waals surface area contributed by atoms with Gasteiger partial charge in [-0.15, -0.1) is 0 Å². The lowest BCUT2D eigenvalue weighted by atomic mass is 9.87. The largest absolute Gasteiger partial charge is 0.352 e. The average Bonchev–Trinajstić information content (AvgIpc) is 2.43. The van der Waals surface area contributed by atoms with Gasteiger partial charge in [-0.3, -0.25) is 9.69 Å². The Morgan fingerprint density at radius 3 is 2.19 bits per heavy atom. The zero-order valence-electron chi connectivity index (χ0n) is 14.1. The molecule has 0 bridgehead atoms. The summed E-state index contributed by atoms with van der Waals surface area (Å²) in [6, 6.07) is 0.427. The van der Waals surface area contributed by atoms with Gasteiger partial charge in [-0.25, -0.2) is 0 Å². The summed E-state index contributed by atoms with van der Waals surface area (Å²) in [5.74, 6) is 1.80. The Bertz CT molecular complexity index is 316. The molecule has 4 nitrogen and oxygen atoms in total. The van der Waals surface area contributed by atoms with E-state index in [1.807, 2.05) is 0 Å². The maximum absolute atomic E-state index is 12.2. The van der Waals surface area contributed by atoms with Crippen molar-refractivity contribution in [1.29, 1.82) is 0 Å². The van der Waals surface area contributed by atoms with Crippen molar-refractivity contribution < 1.29 is 4.79 Å². The molecule has 122 valence electrons. The van der Waals surface area contributed by atoms with Gasteiger partial charge in [-0.05, 0) is 37.5 Å². The maximum atomic E-state index is 12.2. The Kier molecular flexibility index (Phi) is 6.49. The number of piperazine rings is 1. The Morgan fingerprint density at radius 1 is 1.05 bits per heavy atom. The highest BCUT2D eigenvalue weighted by molar-refractivity contribution is 5.78. The lowest BCUT2D eigenvalue weighted by Gasteiger charge is -2.35. The predicted molar refractivity (Wildman–Crippen MR) is 87.3 cm³/mol. The molecule has 2 rings (SSSR count). The summed E-state index contributed by atoms with van der Waals surface area (Å²) < 4.78 is 0. The topological polar surface area (TPSA) is 35.6 Å². The number of nitrogens with zero attached hydrogens (tertiary/aromatic N) is 2. The van der Waals surface area contributed by atoms with Crippen molar-refractivity contribution >= 4 is 5.91 Å². The quantitative estimate of drug-likeness (QED) is 0.842. The van der Waals surface area contributed by atoms with Gasteiger partial charge in [0.15, 0.2) is 0 Å². The number of hydrogen-bond acceptors (Lipinski definition) is 3. The molecule has 0 atom stereocenters. The molecule has 0 unspecified atom stereocenters. The first kappa shape index (κ1) is 16.8. The van der Waals surface area contributed by atoms with Crippen molar-refractivity contribution in [3.05, 3.63) is 0 Å². The Labute approximate surface area is 130 Å². The Hall–Kier alpha value is -0.610. The van der Waals surface area contributed by atoms with Crippen LogP contribution in [0.3, 0.4) is 0 Å². The van der Waals surface area contributed by atoms with Crippen molar-refractivity contribution in [3.63, 3.8) is 0 Å². The summed E-state index contributed by atoms with van der Waals surface area (Å²) in [5, 5.41) is 3.24. The van der Waals surface area contributed by atoms with E-state index in [1.54, 1.807) is 0 Å². The number of hydrogen-bond donors (Lipinski definition) is 1. The lowest BCUT2D eigenvalue weighted by Crippen LogP contribution is -2.51. The minimum absolute atomic E-state index is 0.229. The number of rotatable bonds is 5. The van der Waals surface area contributed by atoms with Crippen molar-refractivity contribution in [1.82, 2.24) is 15.1 Å². The van der Waals surface area contributed by atoms with Gasteiger partial charge in [0.25, 0.3) is 0 Å². The molecule has 0 spiro atoms. The maximum Gasteiger partial charge on any atom is 0.234 e. The van der Waals surface area contributed by atoms with Crippen LogP contribution in [0, 0.1) is 11.8 Å². The van der Waals surface area contributed by atoms with Gasteiger partial charge in [0.1, 0.15) is 0 Å². The third-order valence-corrected chi connectivity index (χ3v) is 4.84. The Morgan fingerprint density at radius 2 is 1.62 bits per heavy atom. The van der Waals surface area contributed by atoms with E-state index in [9.17, 15) is 4.79 Å².